The van der Waals surface area contributed by atoms with E-state index in [1.54, 1.807) is 6.07 Å². The van der Waals surface area contributed by atoms with E-state index in [1.807, 2.05) is 36.4 Å². The summed E-state index contributed by atoms with van der Waals surface area (Å²) in [5.74, 6) is 1.60. The van der Waals surface area contributed by atoms with Crippen LogP contribution in [0.15, 0.2) is 66.7 Å². The van der Waals surface area contributed by atoms with Gasteiger partial charge in [-0.2, -0.15) is 0 Å². The van der Waals surface area contributed by atoms with Crippen LogP contribution in [0.1, 0.15) is 36.6 Å². The van der Waals surface area contributed by atoms with Gasteiger partial charge < -0.3 is 19.6 Å². The SMILES string of the molecule is CC(C)CN(C)CCOc1ccc(CC2c3ccc(O)cc3CCN2c2ccc(F)cc2)cc1. The van der Waals surface area contributed by atoms with Crippen LogP contribution in [0.3, 0.4) is 0 Å². The summed E-state index contributed by atoms with van der Waals surface area (Å²) in [6, 6.07) is 20.8. The molecule has 0 saturated carbocycles. The Kier molecular flexibility index (Phi) is 7.73. The summed E-state index contributed by atoms with van der Waals surface area (Å²) in [6.45, 7) is 7.89. The lowest BCUT2D eigenvalue weighted by molar-refractivity contribution is 0.222. The van der Waals surface area contributed by atoms with Crippen molar-refractivity contribution in [1.29, 1.82) is 0 Å². The number of benzene rings is 3. The molecule has 5 heteroatoms. The normalized spacial score (nSPS) is 15.6. The number of ether oxygens (including phenoxy) is 1. The fraction of sp³-hybridized carbons (Fsp3) is 0.379. The third-order valence-electron chi connectivity index (χ3n) is 6.41. The second-order valence-electron chi connectivity index (χ2n) is 9.67. The van der Waals surface area contributed by atoms with Gasteiger partial charge in [0.1, 0.15) is 23.9 Å². The van der Waals surface area contributed by atoms with Gasteiger partial charge in [0.05, 0.1) is 6.04 Å². The highest BCUT2D eigenvalue weighted by molar-refractivity contribution is 5.53. The van der Waals surface area contributed by atoms with E-state index in [0.29, 0.717) is 18.3 Å². The molecule has 1 atom stereocenters. The molecular weight excluding hydrogens is 427 g/mol. The van der Waals surface area contributed by atoms with Crippen LogP contribution < -0.4 is 9.64 Å². The quantitative estimate of drug-likeness (QED) is 0.433. The molecule has 0 fully saturated rings. The Morgan fingerprint density at radius 1 is 1.06 bits per heavy atom. The van der Waals surface area contributed by atoms with Gasteiger partial charge in [0, 0.05) is 25.3 Å². The minimum atomic E-state index is -0.228. The molecule has 34 heavy (non-hydrogen) atoms. The molecule has 4 rings (SSSR count). The number of halogens is 1. The molecule has 0 radical (unpaired) electrons. The number of phenolic OH excluding ortho intramolecular Hbond substituents is 1. The molecule has 0 aromatic heterocycles. The van der Waals surface area contributed by atoms with E-state index >= 15 is 0 Å². The molecule has 180 valence electrons. The van der Waals surface area contributed by atoms with Gasteiger partial charge >= 0.3 is 0 Å². The fourth-order valence-electron chi connectivity index (χ4n) is 4.84. The van der Waals surface area contributed by atoms with E-state index in [2.05, 4.69) is 42.8 Å². The summed E-state index contributed by atoms with van der Waals surface area (Å²) >= 11 is 0. The summed E-state index contributed by atoms with van der Waals surface area (Å²) in [5, 5.41) is 9.98. The summed E-state index contributed by atoms with van der Waals surface area (Å²) in [4.78, 5) is 4.63. The molecule has 3 aromatic rings. The Balaban J connectivity index is 1.48. The van der Waals surface area contributed by atoms with E-state index < -0.39 is 0 Å². The first-order chi connectivity index (χ1) is 16.4. The minimum absolute atomic E-state index is 0.103. The average molecular weight is 463 g/mol. The zero-order valence-electron chi connectivity index (χ0n) is 20.4. The number of fused-ring (bicyclic) bond motifs is 1. The van der Waals surface area contributed by atoms with Crippen LogP contribution in [0.25, 0.3) is 0 Å². The molecule has 1 heterocycles. The molecule has 0 bridgehead atoms. The first-order valence-corrected chi connectivity index (χ1v) is 12.1. The van der Waals surface area contributed by atoms with Gasteiger partial charge in [-0.15, -0.1) is 0 Å². The van der Waals surface area contributed by atoms with Crippen molar-refractivity contribution < 1.29 is 14.2 Å². The number of hydrogen-bond acceptors (Lipinski definition) is 4. The molecule has 3 aromatic carbocycles. The molecule has 1 aliphatic rings. The Morgan fingerprint density at radius 3 is 2.50 bits per heavy atom. The summed E-state index contributed by atoms with van der Waals surface area (Å²) in [6.07, 6.45) is 1.65. The van der Waals surface area contributed by atoms with E-state index in [9.17, 15) is 9.50 Å². The second-order valence-corrected chi connectivity index (χ2v) is 9.67. The zero-order valence-corrected chi connectivity index (χ0v) is 20.4. The number of hydrogen-bond donors (Lipinski definition) is 1. The number of aromatic hydroxyl groups is 1. The van der Waals surface area contributed by atoms with Crippen molar-refractivity contribution in [1.82, 2.24) is 4.90 Å². The molecule has 1 unspecified atom stereocenters. The first-order valence-electron chi connectivity index (χ1n) is 12.1. The van der Waals surface area contributed by atoms with Gasteiger partial charge in [-0.1, -0.05) is 32.0 Å². The van der Waals surface area contributed by atoms with Gasteiger partial charge in [-0.3, -0.25) is 0 Å². The lowest BCUT2D eigenvalue weighted by Gasteiger charge is -2.39. The maximum absolute atomic E-state index is 13.5. The van der Waals surface area contributed by atoms with E-state index in [4.69, 9.17) is 4.74 Å². The Morgan fingerprint density at radius 2 is 1.79 bits per heavy atom. The second kappa shape index (κ2) is 10.9. The number of likely N-dealkylation sites (N-methyl/N-ethyl adjacent to an activating group) is 1. The fourth-order valence-corrected chi connectivity index (χ4v) is 4.84. The Bertz CT molecular complexity index is 1070. The van der Waals surface area contributed by atoms with Crippen molar-refractivity contribution in [3.05, 3.63) is 89.2 Å². The lowest BCUT2D eigenvalue weighted by atomic mass is 9.88. The van der Waals surface area contributed by atoms with Crippen LogP contribution in [0, 0.1) is 11.7 Å². The van der Waals surface area contributed by atoms with Gasteiger partial charge in [0.2, 0.25) is 0 Å². The molecule has 0 aliphatic carbocycles. The van der Waals surface area contributed by atoms with Crippen molar-refractivity contribution in [2.75, 3.05) is 38.2 Å². The van der Waals surface area contributed by atoms with Crippen molar-refractivity contribution in [3.63, 3.8) is 0 Å². The van der Waals surface area contributed by atoms with Crippen LogP contribution in [-0.2, 0) is 12.8 Å². The lowest BCUT2D eigenvalue weighted by Crippen LogP contribution is -2.36. The average Bonchev–Trinajstić information content (AvgIpc) is 2.80. The van der Waals surface area contributed by atoms with Crippen molar-refractivity contribution in [3.8, 4) is 11.5 Å². The van der Waals surface area contributed by atoms with Gasteiger partial charge in [0.15, 0.2) is 0 Å². The molecule has 1 N–H and O–H groups in total. The monoisotopic (exact) mass is 462 g/mol. The highest BCUT2D eigenvalue weighted by Gasteiger charge is 2.28. The van der Waals surface area contributed by atoms with Gasteiger partial charge in [0.25, 0.3) is 0 Å². The van der Waals surface area contributed by atoms with Crippen LogP contribution in [0.5, 0.6) is 11.5 Å². The highest BCUT2D eigenvalue weighted by Crippen LogP contribution is 2.37. The summed E-state index contributed by atoms with van der Waals surface area (Å²) < 4.78 is 19.5. The summed E-state index contributed by atoms with van der Waals surface area (Å²) in [7, 11) is 2.13. The predicted octanol–water partition coefficient (Wildman–Crippen LogP) is 5.84. The van der Waals surface area contributed by atoms with Crippen molar-refractivity contribution >= 4 is 5.69 Å². The molecule has 0 saturated heterocycles. The van der Waals surface area contributed by atoms with Gasteiger partial charge in [-0.25, -0.2) is 4.39 Å². The maximum Gasteiger partial charge on any atom is 0.123 e. The third-order valence-corrected chi connectivity index (χ3v) is 6.41. The highest BCUT2D eigenvalue weighted by atomic mass is 19.1. The van der Waals surface area contributed by atoms with E-state index in [1.165, 1.54) is 28.8 Å². The maximum atomic E-state index is 13.5. The number of nitrogens with zero attached hydrogens (tertiary/aromatic N) is 2. The topological polar surface area (TPSA) is 35.9 Å². The van der Waals surface area contributed by atoms with Crippen LogP contribution in [0.4, 0.5) is 10.1 Å². The van der Waals surface area contributed by atoms with Crippen molar-refractivity contribution in [2.45, 2.75) is 32.7 Å². The standard InChI is InChI=1S/C29H35FN2O2/c1-21(2)20-31(3)16-17-34-27-11-4-22(5-12-27)18-29-28-13-10-26(33)19-23(28)14-15-32(29)25-8-6-24(30)7-9-25/h4-13,19,21,29,33H,14-18,20H2,1-3H3. The molecule has 4 nitrogen and oxygen atoms in total. The number of anilines is 1. The largest absolute Gasteiger partial charge is 0.508 e. The molecule has 0 spiro atoms. The van der Waals surface area contributed by atoms with Crippen molar-refractivity contribution in [2.24, 2.45) is 5.92 Å². The van der Waals surface area contributed by atoms with E-state index in [-0.39, 0.29) is 11.9 Å². The number of rotatable bonds is 9. The Hall–Kier alpha value is -3.05. The third kappa shape index (κ3) is 6.09. The first kappa shape index (κ1) is 24.1. The van der Waals surface area contributed by atoms with Crippen LogP contribution in [0.2, 0.25) is 0 Å². The van der Waals surface area contributed by atoms with Crippen LogP contribution in [-0.4, -0.2) is 43.3 Å². The van der Waals surface area contributed by atoms with Gasteiger partial charge in [-0.05, 0) is 91.0 Å². The predicted molar refractivity (Wildman–Crippen MR) is 136 cm³/mol. The molecule has 0 amide bonds. The summed E-state index contributed by atoms with van der Waals surface area (Å²) in [5.41, 5.74) is 4.61. The Labute approximate surface area is 202 Å². The van der Waals surface area contributed by atoms with Crippen LogP contribution >= 0.6 is 0 Å². The minimum Gasteiger partial charge on any atom is -0.508 e. The molecular formula is C29H35FN2O2. The number of phenols is 1. The van der Waals surface area contributed by atoms with E-state index in [0.717, 1.165) is 43.9 Å². The zero-order chi connectivity index (χ0) is 24.1. The smallest absolute Gasteiger partial charge is 0.123 e. The molecule has 1 aliphatic heterocycles.